The van der Waals surface area contributed by atoms with Crippen LogP contribution in [0.5, 0.6) is 0 Å². The van der Waals surface area contributed by atoms with Gasteiger partial charge in [-0.3, -0.25) is 14.3 Å². The number of aromatic nitrogens is 2. The zero-order valence-electron chi connectivity index (χ0n) is 12.3. The molecular formula is C15H19ClN4O. The van der Waals surface area contributed by atoms with Gasteiger partial charge in [0.1, 0.15) is 0 Å². The molecule has 0 amide bonds. The molecule has 1 unspecified atom stereocenters. The molecule has 0 N–H and O–H groups in total. The minimum absolute atomic E-state index is 0.00158. The van der Waals surface area contributed by atoms with Crippen LogP contribution in [0.2, 0.25) is 5.02 Å². The Hall–Kier alpha value is -1.43. The Morgan fingerprint density at radius 3 is 2.95 bits per heavy atom. The summed E-state index contributed by atoms with van der Waals surface area (Å²) in [7, 11) is 4.22. The lowest BCUT2D eigenvalue weighted by Crippen LogP contribution is -2.52. The fourth-order valence-electron chi connectivity index (χ4n) is 2.79. The van der Waals surface area contributed by atoms with Gasteiger partial charge in [-0.25, -0.2) is 4.98 Å². The average Bonchev–Trinajstić information content (AvgIpc) is 2.45. The molecule has 0 saturated carbocycles. The second-order valence-electron chi connectivity index (χ2n) is 5.76. The van der Waals surface area contributed by atoms with Gasteiger partial charge < -0.3 is 4.90 Å². The summed E-state index contributed by atoms with van der Waals surface area (Å²) in [6.45, 7) is 3.70. The third-order valence-corrected chi connectivity index (χ3v) is 4.41. The Morgan fingerprint density at radius 1 is 1.33 bits per heavy atom. The Labute approximate surface area is 128 Å². The van der Waals surface area contributed by atoms with Crippen LogP contribution < -0.4 is 5.56 Å². The van der Waals surface area contributed by atoms with Crippen LogP contribution in [0, 0.1) is 0 Å². The highest BCUT2D eigenvalue weighted by Crippen LogP contribution is 2.14. The predicted molar refractivity (Wildman–Crippen MR) is 84.9 cm³/mol. The molecule has 5 nitrogen and oxygen atoms in total. The van der Waals surface area contributed by atoms with Gasteiger partial charge in [0.2, 0.25) is 0 Å². The number of likely N-dealkylation sites (N-methyl/N-ethyl adjacent to an activating group) is 2. The zero-order valence-corrected chi connectivity index (χ0v) is 13.0. The lowest BCUT2D eigenvalue weighted by atomic mass is 10.2. The van der Waals surface area contributed by atoms with Crippen LogP contribution in [-0.2, 0) is 6.54 Å². The molecule has 1 aromatic heterocycles. The molecule has 1 aliphatic heterocycles. The van der Waals surface area contributed by atoms with Gasteiger partial charge in [0, 0.05) is 37.2 Å². The van der Waals surface area contributed by atoms with Crippen LogP contribution in [0.1, 0.15) is 0 Å². The van der Waals surface area contributed by atoms with Gasteiger partial charge in [-0.2, -0.15) is 0 Å². The SMILES string of the molecule is CN1CCN(C)C(Cn2cnc3cc(Cl)ccc3c2=O)C1. The smallest absolute Gasteiger partial charge is 0.261 e. The second-order valence-corrected chi connectivity index (χ2v) is 6.20. The lowest BCUT2D eigenvalue weighted by Gasteiger charge is -2.37. The van der Waals surface area contributed by atoms with Crippen LogP contribution in [0.4, 0.5) is 0 Å². The van der Waals surface area contributed by atoms with E-state index in [1.165, 1.54) is 0 Å². The summed E-state index contributed by atoms with van der Waals surface area (Å²) in [5.41, 5.74) is 0.649. The Kier molecular flexibility index (Phi) is 3.97. The van der Waals surface area contributed by atoms with Crippen molar-refractivity contribution >= 4 is 22.5 Å². The number of hydrogen-bond acceptors (Lipinski definition) is 4. The normalized spacial score (nSPS) is 21.0. The van der Waals surface area contributed by atoms with Gasteiger partial charge in [-0.15, -0.1) is 0 Å². The molecule has 0 aliphatic carbocycles. The van der Waals surface area contributed by atoms with Crippen molar-refractivity contribution in [3.63, 3.8) is 0 Å². The number of rotatable bonds is 2. The van der Waals surface area contributed by atoms with E-state index >= 15 is 0 Å². The fourth-order valence-corrected chi connectivity index (χ4v) is 2.95. The largest absolute Gasteiger partial charge is 0.303 e. The van der Waals surface area contributed by atoms with E-state index in [4.69, 9.17) is 11.6 Å². The van der Waals surface area contributed by atoms with Crippen molar-refractivity contribution < 1.29 is 0 Å². The molecule has 0 spiro atoms. The van der Waals surface area contributed by atoms with Crippen LogP contribution in [0.3, 0.4) is 0 Å². The number of benzene rings is 1. The maximum atomic E-state index is 12.5. The van der Waals surface area contributed by atoms with Gasteiger partial charge in [0.05, 0.1) is 17.2 Å². The molecule has 0 radical (unpaired) electrons. The third kappa shape index (κ3) is 2.95. The predicted octanol–water partition coefficient (Wildman–Crippen LogP) is 1.30. The topological polar surface area (TPSA) is 41.4 Å². The first-order valence-corrected chi connectivity index (χ1v) is 7.46. The highest BCUT2D eigenvalue weighted by atomic mass is 35.5. The fraction of sp³-hybridized carbons (Fsp3) is 0.467. The highest BCUT2D eigenvalue weighted by molar-refractivity contribution is 6.31. The van der Waals surface area contributed by atoms with Crippen LogP contribution in [0.15, 0.2) is 29.3 Å². The van der Waals surface area contributed by atoms with Crippen molar-refractivity contribution in [1.29, 1.82) is 0 Å². The molecular weight excluding hydrogens is 288 g/mol. The highest BCUT2D eigenvalue weighted by Gasteiger charge is 2.23. The molecule has 1 aliphatic rings. The molecule has 1 saturated heterocycles. The number of hydrogen-bond donors (Lipinski definition) is 0. The molecule has 21 heavy (non-hydrogen) atoms. The molecule has 0 bridgehead atoms. The van der Waals surface area contributed by atoms with Gasteiger partial charge in [-0.05, 0) is 32.3 Å². The first kappa shape index (κ1) is 14.5. The first-order chi connectivity index (χ1) is 10.0. The first-order valence-electron chi connectivity index (χ1n) is 7.08. The van der Waals surface area contributed by atoms with Crippen LogP contribution in [0.25, 0.3) is 10.9 Å². The van der Waals surface area contributed by atoms with E-state index in [2.05, 4.69) is 28.9 Å². The number of halogens is 1. The van der Waals surface area contributed by atoms with Crippen molar-refractivity contribution in [1.82, 2.24) is 19.4 Å². The second kappa shape index (κ2) is 5.75. The number of fused-ring (bicyclic) bond motifs is 1. The quantitative estimate of drug-likeness (QED) is 0.838. The van der Waals surface area contributed by atoms with Crippen LogP contribution >= 0.6 is 11.6 Å². The van der Waals surface area contributed by atoms with Crippen molar-refractivity contribution in [2.45, 2.75) is 12.6 Å². The average molecular weight is 307 g/mol. The zero-order chi connectivity index (χ0) is 15.0. The Morgan fingerprint density at radius 2 is 2.14 bits per heavy atom. The van der Waals surface area contributed by atoms with Gasteiger partial charge >= 0.3 is 0 Å². The van der Waals surface area contributed by atoms with E-state index in [9.17, 15) is 4.79 Å². The summed E-state index contributed by atoms with van der Waals surface area (Å²) in [5.74, 6) is 0. The maximum Gasteiger partial charge on any atom is 0.261 e. The van der Waals surface area contributed by atoms with E-state index in [1.807, 2.05) is 0 Å². The van der Waals surface area contributed by atoms with Gasteiger partial charge in [0.25, 0.3) is 5.56 Å². The van der Waals surface area contributed by atoms with Crippen molar-refractivity contribution in [3.05, 3.63) is 39.9 Å². The Bertz CT molecular complexity index is 714. The molecule has 3 rings (SSSR count). The van der Waals surface area contributed by atoms with E-state index in [0.29, 0.717) is 28.5 Å². The molecule has 112 valence electrons. The van der Waals surface area contributed by atoms with E-state index in [-0.39, 0.29) is 5.56 Å². The van der Waals surface area contributed by atoms with Crippen molar-refractivity contribution in [3.8, 4) is 0 Å². The summed E-state index contributed by atoms with van der Waals surface area (Å²) >= 11 is 5.94. The summed E-state index contributed by atoms with van der Waals surface area (Å²) < 4.78 is 1.70. The molecule has 6 heteroatoms. The van der Waals surface area contributed by atoms with E-state index in [0.717, 1.165) is 19.6 Å². The molecule has 1 fully saturated rings. The van der Waals surface area contributed by atoms with Crippen molar-refractivity contribution in [2.24, 2.45) is 0 Å². The molecule has 2 heterocycles. The van der Waals surface area contributed by atoms with Gasteiger partial charge in [0.15, 0.2) is 0 Å². The maximum absolute atomic E-state index is 12.5. The number of nitrogens with zero attached hydrogens (tertiary/aromatic N) is 4. The Balaban J connectivity index is 1.92. The molecule has 2 aromatic rings. The molecule has 1 atom stereocenters. The summed E-state index contributed by atoms with van der Waals surface area (Å²) in [4.78, 5) is 21.5. The summed E-state index contributed by atoms with van der Waals surface area (Å²) in [6.07, 6.45) is 1.63. The summed E-state index contributed by atoms with van der Waals surface area (Å²) in [6, 6.07) is 5.54. The van der Waals surface area contributed by atoms with E-state index < -0.39 is 0 Å². The number of piperazine rings is 1. The lowest BCUT2D eigenvalue weighted by molar-refractivity contribution is 0.102. The van der Waals surface area contributed by atoms with Crippen LogP contribution in [-0.4, -0.2) is 59.1 Å². The van der Waals surface area contributed by atoms with E-state index in [1.54, 1.807) is 29.1 Å². The van der Waals surface area contributed by atoms with Gasteiger partial charge in [-0.1, -0.05) is 11.6 Å². The van der Waals surface area contributed by atoms with Crippen molar-refractivity contribution in [2.75, 3.05) is 33.7 Å². The molecule has 1 aromatic carbocycles. The third-order valence-electron chi connectivity index (χ3n) is 4.17. The summed E-state index contributed by atoms with van der Waals surface area (Å²) in [5, 5.41) is 1.22. The monoisotopic (exact) mass is 306 g/mol. The minimum Gasteiger partial charge on any atom is -0.303 e. The standard InChI is InChI=1S/C15H19ClN4O/c1-18-5-6-19(2)12(8-18)9-20-10-17-14-7-11(16)3-4-13(14)15(20)21/h3-4,7,10,12H,5-6,8-9H2,1-2H3. The minimum atomic E-state index is -0.00158.